The van der Waals surface area contributed by atoms with Crippen molar-refractivity contribution in [1.29, 1.82) is 0 Å². The van der Waals surface area contributed by atoms with E-state index in [0.717, 1.165) is 31.7 Å². The summed E-state index contributed by atoms with van der Waals surface area (Å²) in [6.07, 6.45) is 3.13. The largest absolute Gasteiger partial charge is 0.366 e. The van der Waals surface area contributed by atoms with Crippen molar-refractivity contribution in [3.05, 3.63) is 59.4 Å². The van der Waals surface area contributed by atoms with Crippen LogP contribution in [0.5, 0.6) is 0 Å². The Balaban J connectivity index is 1.74. The molecule has 0 aliphatic carbocycles. The van der Waals surface area contributed by atoms with Gasteiger partial charge >= 0.3 is 0 Å². The average molecular weight is 281 g/mol. The highest BCUT2D eigenvalue weighted by Gasteiger charge is 2.16. The quantitative estimate of drug-likeness (QED) is 0.932. The standard InChI is InChI=1S/C18H23N3/c1-3-19-14(2)18-9-8-17(12-20-18)21-11-10-15-6-4-5-7-16(15)13-21/h4-9,12,14,19H,3,10-11,13H2,1-2H3. The zero-order chi connectivity index (χ0) is 14.7. The van der Waals surface area contributed by atoms with Gasteiger partial charge in [-0.1, -0.05) is 31.2 Å². The number of pyridine rings is 1. The van der Waals surface area contributed by atoms with E-state index >= 15 is 0 Å². The van der Waals surface area contributed by atoms with Crippen LogP contribution >= 0.6 is 0 Å². The third-order valence-corrected chi connectivity index (χ3v) is 4.22. The molecule has 1 aromatic heterocycles. The van der Waals surface area contributed by atoms with Gasteiger partial charge in [-0.2, -0.15) is 0 Å². The molecule has 2 heterocycles. The summed E-state index contributed by atoms with van der Waals surface area (Å²) in [5, 5.41) is 3.40. The van der Waals surface area contributed by atoms with Gasteiger partial charge in [-0.05, 0) is 43.1 Å². The van der Waals surface area contributed by atoms with Gasteiger partial charge in [0.15, 0.2) is 0 Å². The van der Waals surface area contributed by atoms with Crippen LogP contribution in [0.15, 0.2) is 42.6 Å². The molecule has 3 rings (SSSR count). The Bertz CT molecular complexity index is 592. The molecule has 21 heavy (non-hydrogen) atoms. The van der Waals surface area contributed by atoms with Gasteiger partial charge in [-0.25, -0.2) is 0 Å². The molecule has 1 aliphatic heterocycles. The molecule has 110 valence electrons. The molecule has 1 unspecified atom stereocenters. The summed E-state index contributed by atoms with van der Waals surface area (Å²) >= 11 is 0. The molecule has 1 atom stereocenters. The van der Waals surface area contributed by atoms with Crippen molar-refractivity contribution in [2.24, 2.45) is 0 Å². The third-order valence-electron chi connectivity index (χ3n) is 4.22. The fourth-order valence-corrected chi connectivity index (χ4v) is 2.97. The number of hydrogen-bond acceptors (Lipinski definition) is 3. The van der Waals surface area contributed by atoms with Crippen LogP contribution in [0.1, 0.15) is 36.7 Å². The highest BCUT2D eigenvalue weighted by Crippen LogP contribution is 2.24. The first-order valence-electron chi connectivity index (χ1n) is 7.79. The molecule has 0 bridgehead atoms. The van der Waals surface area contributed by atoms with Gasteiger partial charge < -0.3 is 10.2 Å². The first-order chi connectivity index (χ1) is 10.3. The van der Waals surface area contributed by atoms with Crippen molar-refractivity contribution in [2.75, 3.05) is 18.0 Å². The molecule has 0 amide bonds. The Hall–Kier alpha value is -1.87. The van der Waals surface area contributed by atoms with Crippen molar-refractivity contribution < 1.29 is 0 Å². The molecule has 1 N–H and O–H groups in total. The Kier molecular flexibility index (Phi) is 4.20. The Morgan fingerprint density at radius 1 is 1.19 bits per heavy atom. The maximum atomic E-state index is 4.62. The molecule has 0 fully saturated rings. The van der Waals surface area contributed by atoms with Crippen molar-refractivity contribution >= 4 is 5.69 Å². The Labute approximate surface area is 127 Å². The second-order valence-corrected chi connectivity index (χ2v) is 5.66. The first-order valence-corrected chi connectivity index (χ1v) is 7.79. The highest BCUT2D eigenvalue weighted by atomic mass is 15.1. The van der Waals surface area contributed by atoms with Crippen molar-refractivity contribution in [3.8, 4) is 0 Å². The lowest BCUT2D eigenvalue weighted by Crippen LogP contribution is -2.30. The van der Waals surface area contributed by atoms with Crippen LogP contribution in [0.25, 0.3) is 0 Å². The van der Waals surface area contributed by atoms with Crippen LogP contribution in [0.4, 0.5) is 5.69 Å². The summed E-state index contributed by atoms with van der Waals surface area (Å²) < 4.78 is 0. The fraction of sp³-hybridized carbons (Fsp3) is 0.389. The minimum Gasteiger partial charge on any atom is -0.366 e. The average Bonchev–Trinajstić information content (AvgIpc) is 2.55. The molecule has 0 saturated carbocycles. The van der Waals surface area contributed by atoms with Crippen LogP contribution in [0.2, 0.25) is 0 Å². The molecular weight excluding hydrogens is 258 g/mol. The minimum atomic E-state index is 0.311. The lowest BCUT2D eigenvalue weighted by molar-refractivity contribution is 0.583. The smallest absolute Gasteiger partial charge is 0.0572 e. The number of nitrogens with one attached hydrogen (secondary N) is 1. The van der Waals surface area contributed by atoms with Crippen LogP contribution < -0.4 is 10.2 Å². The van der Waals surface area contributed by atoms with E-state index in [1.54, 1.807) is 0 Å². The topological polar surface area (TPSA) is 28.2 Å². The summed E-state index contributed by atoms with van der Waals surface area (Å²) in [6.45, 7) is 7.30. The molecule has 0 saturated heterocycles. The van der Waals surface area contributed by atoms with E-state index in [-0.39, 0.29) is 0 Å². The predicted octanol–water partition coefficient (Wildman–Crippen LogP) is 3.31. The van der Waals surface area contributed by atoms with Crippen molar-refractivity contribution in [2.45, 2.75) is 32.9 Å². The van der Waals surface area contributed by atoms with Gasteiger partial charge in [0.05, 0.1) is 17.6 Å². The van der Waals surface area contributed by atoms with Gasteiger partial charge in [0.1, 0.15) is 0 Å². The van der Waals surface area contributed by atoms with Crippen LogP contribution in [0.3, 0.4) is 0 Å². The number of anilines is 1. The second-order valence-electron chi connectivity index (χ2n) is 5.66. The predicted molar refractivity (Wildman–Crippen MR) is 87.5 cm³/mol. The summed E-state index contributed by atoms with van der Waals surface area (Å²) in [6, 6.07) is 13.4. The van der Waals surface area contributed by atoms with E-state index in [1.807, 2.05) is 6.20 Å². The Morgan fingerprint density at radius 3 is 2.71 bits per heavy atom. The molecule has 0 spiro atoms. The van der Waals surface area contributed by atoms with Gasteiger partial charge in [-0.3, -0.25) is 4.98 Å². The normalized spacial score (nSPS) is 15.6. The number of rotatable bonds is 4. The zero-order valence-corrected chi connectivity index (χ0v) is 12.8. The first kappa shape index (κ1) is 14.1. The van der Waals surface area contributed by atoms with E-state index in [0.29, 0.717) is 6.04 Å². The fourth-order valence-electron chi connectivity index (χ4n) is 2.97. The Morgan fingerprint density at radius 2 is 2.00 bits per heavy atom. The third kappa shape index (κ3) is 3.08. The van der Waals surface area contributed by atoms with E-state index in [1.165, 1.54) is 16.8 Å². The van der Waals surface area contributed by atoms with E-state index in [2.05, 4.69) is 65.4 Å². The maximum Gasteiger partial charge on any atom is 0.0572 e. The summed E-state index contributed by atoms with van der Waals surface area (Å²) in [5.74, 6) is 0. The molecule has 1 aromatic carbocycles. The number of hydrogen-bond donors (Lipinski definition) is 1. The van der Waals surface area contributed by atoms with E-state index in [9.17, 15) is 0 Å². The van der Waals surface area contributed by atoms with Crippen LogP contribution in [0, 0.1) is 0 Å². The van der Waals surface area contributed by atoms with Crippen molar-refractivity contribution in [3.63, 3.8) is 0 Å². The molecule has 1 aliphatic rings. The summed E-state index contributed by atoms with van der Waals surface area (Å²) in [4.78, 5) is 7.04. The lowest BCUT2D eigenvalue weighted by Gasteiger charge is -2.30. The zero-order valence-electron chi connectivity index (χ0n) is 12.8. The molecular formula is C18H23N3. The molecule has 3 nitrogen and oxygen atoms in total. The van der Waals surface area contributed by atoms with Gasteiger partial charge in [0.2, 0.25) is 0 Å². The SMILES string of the molecule is CCNC(C)c1ccc(N2CCc3ccccc3C2)cn1. The summed E-state index contributed by atoms with van der Waals surface area (Å²) in [5.41, 5.74) is 5.25. The summed E-state index contributed by atoms with van der Waals surface area (Å²) in [7, 11) is 0. The lowest BCUT2D eigenvalue weighted by atomic mass is 9.99. The second kappa shape index (κ2) is 6.27. The number of fused-ring (bicyclic) bond motifs is 1. The number of nitrogens with zero attached hydrogens (tertiary/aromatic N) is 2. The number of aromatic nitrogens is 1. The van der Waals surface area contributed by atoms with Crippen LogP contribution in [-0.4, -0.2) is 18.1 Å². The monoisotopic (exact) mass is 281 g/mol. The van der Waals surface area contributed by atoms with Crippen molar-refractivity contribution in [1.82, 2.24) is 10.3 Å². The molecule has 2 aromatic rings. The highest BCUT2D eigenvalue weighted by molar-refractivity contribution is 5.48. The van der Waals surface area contributed by atoms with Crippen LogP contribution in [-0.2, 0) is 13.0 Å². The number of benzene rings is 1. The van der Waals surface area contributed by atoms with E-state index < -0.39 is 0 Å². The molecule has 3 heteroatoms. The van der Waals surface area contributed by atoms with E-state index in [4.69, 9.17) is 0 Å². The van der Waals surface area contributed by atoms with Gasteiger partial charge in [0, 0.05) is 19.1 Å². The molecule has 0 radical (unpaired) electrons. The minimum absolute atomic E-state index is 0.311. The maximum absolute atomic E-state index is 4.62. The van der Waals surface area contributed by atoms with Gasteiger partial charge in [-0.15, -0.1) is 0 Å². The van der Waals surface area contributed by atoms with Gasteiger partial charge in [0.25, 0.3) is 0 Å².